The molecule has 0 unspecified atom stereocenters. The first kappa shape index (κ1) is 15.0. The number of ether oxygens (including phenoxy) is 1. The van der Waals surface area contributed by atoms with Gasteiger partial charge in [0, 0.05) is 11.5 Å². The Balaban J connectivity index is 4.40. The first-order valence-corrected chi connectivity index (χ1v) is 4.68. The number of carbonyl (C=O) groups is 2. The fraction of sp³-hybridized carbons (Fsp3) is 0.556. The maximum Gasteiger partial charge on any atom is 0.389 e. The molecule has 16 heavy (non-hydrogen) atoms. The van der Waals surface area contributed by atoms with Crippen molar-refractivity contribution in [3.63, 3.8) is 0 Å². The molecule has 0 aromatic heterocycles. The van der Waals surface area contributed by atoms with Crippen LogP contribution in [0.4, 0.5) is 13.2 Å². The lowest BCUT2D eigenvalue weighted by molar-refractivity contribution is -0.136. The van der Waals surface area contributed by atoms with Crippen molar-refractivity contribution in [2.75, 3.05) is 7.11 Å². The highest BCUT2D eigenvalue weighted by atomic mass is 35.5. The van der Waals surface area contributed by atoms with Crippen LogP contribution < -0.4 is 0 Å². The Morgan fingerprint density at radius 3 is 2.38 bits per heavy atom. The SMILES string of the molecule is COC(=O)/C(C=O)=C(\Cl)CCCC(F)(F)F. The van der Waals surface area contributed by atoms with Crippen molar-refractivity contribution >= 4 is 23.9 Å². The molecule has 0 spiro atoms. The molecular formula is C9H10ClF3O3. The molecule has 0 saturated carbocycles. The third-order valence-corrected chi connectivity index (χ3v) is 2.06. The number of allylic oxidation sites excluding steroid dienone is 1. The zero-order chi connectivity index (χ0) is 12.8. The van der Waals surface area contributed by atoms with Crippen molar-refractivity contribution in [2.45, 2.75) is 25.4 Å². The van der Waals surface area contributed by atoms with E-state index in [1.165, 1.54) is 0 Å². The van der Waals surface area contributed by atoms with Gasteiger partial charge in [-0.1, -0.05) is 11.6 Å². The van der Waals surface area contributed by atoms with E-state index in [2.05, 4.69) is 4.74 Å². The zero-order valence-corrected chi connectivity index (χ0v) is 9.19. The molecule has 92 valence electrons. The first-order valence-electron chi connectivity index (χ1n) is 4.30. The van der Waals surface area contributed by atoms with Crippen molar-refractivity contribution in [3.8, 4) is 0 Å². The number of hydrogen-bond acceptors (Lipinski definition) is 3. The highest BCUT2D eigenvalue weighted by Crippen LogP contribution is 2.25. The molecule has 0 aliphatic heterocycles. The van der Waals surface area contributed by atoms with E-state index in [4.69, 9.17) is 11.6 Å². The number of alkyl halides is 3. The number of hydrogen-bond donors (Lipinski definition) is 0. The van der Waals surface area contributed by atoms with E-state index in [-0.39, 0.29) is 24.2 Å². The Kier molecular flexibility index (Phi) is 6.10. The van der Waals surface area contributed by atoms with Gasteiger partial charge < -0.3 is 4.74 Å². The summed E-state index contributed by atoms with van der Waals surface area (Å²) in [4.78, 5) is 21.4. The van der Waals surface area contributed by atoms with Crippen LogP contribution in [0.3, 0.4) is 0 Å². The van der Waals surface area contributed by atoms with E-state index in [9.17, 15) is 22.8 Å². The minimum atomic E-state index is -4.27. The summed E-state index contributed by atoms with van der Waals surface area (Å²) in [6.07, 6.45) is -5.59. The monoisotopic (exact) mass is 258 g/mol. The van der Waals surface area contributed by atoms with Gasteiger partial charge >= 0.3 is 12.1 Å². The van der Waals surface area contributed by atoms with E-state index in [0.717, 1.165) is 7.11 Å². The van der Waals surface area contributed by atoms with Gasteiger partial charge in [0.15, 0.2) is 6.29 Å². The maximum absolute atomic E-state index is 11.8. The first-order chi connectivity index (χ1) is 7.31. The highest BCUT2D eigenvalue weighted by molar-refractivity contribution is 6.34. The van der Waals surface area contributed by atoms with Crippen molar-refractivity contribution in [1.29, 1.82) is 0 Å². The van der Waals surface area contributed by atoms with Crippen LogP contribution in [0.25, 0.3) is 0 Å². The minimum Gasteiger partial charge on any atom is -0.465 e. The number of methoxy groups -OCH3 is 1. The molecule has 0 fully saturated rings. The van der Waals surface area contributed by atoms with E-state index in [1.54, 1.807) is 0 Å². The predicted octanol–water partition coefficient (Wildman–Crippen LogP) is 2.58. The van der Waals surface area contributed by atoms with Crippen LogP contribution in [-0.2, 0) is 14.3 Å². The number of halogens is 4. The normalized spacial score (nSPS) is 13.1. The largest absolute Gasteiger partial charge is 0.465 e. The average molecular weight is 259 g/mol. The topological polar surface area (TPSA) is 43.4 Å². The van der Waals surface area contributed by atoms with E-state index >= 15 is 0 Å². The second-order valence-electron chi connectivity index (χ2n) is 2.90. The molecule has 0 bridgehead atoms. The quantitative estimate of drug-likeness (QED) is 0.250. The summed E-state index contributed by atoms with van der Waals surface area (Å²) in [6.45, 7) is 0. The molecule has 0 radical (unpaired) electrons. The Morgan fingerprint density at radius 1 is 1.44 bits per heavy atom. The van der Waals surface area contributed by atoms with Gasteiger partial charge in [-0.15, -0.1) is 0 Å². The summed E-state index contributed by atoms with van der Waals surface area (Å²) >= 11 is 5.53. The molecule has 7 heteroatoms. The number of carbonyl (C=O) groups excluding carboxylic acids is 2. The Morgan fingerprint density at radius 2 is 2.00 bits per heavy atom. The molecule has 0 aromatic carbocycles. The number of esters is 1. The Hall–Kier alpha value is -1.04. The predicted molar refractivity (Wildman–Crippen MR) is 50.9 cm³/mol. The second-order valence-corrected chi connectivity index (χ2v) is 3.35. The Bertz CT molecular complexity index is 297. The lowest BCUT2D eigenvalue weighted by atomic mass is 10.1. The van der Waals surface area contributed by atoms with Gasteiger partial charge in [0.05, 0.1) is 7.11 Å². The molecule has 0 aliphatic rings. The molecular weight excluding hydrogens is 249 g/mol. The smallest absolute Gasteiger partial charge is 0.389 e. The van der Waals surface area contributed by atoms with Gasteiger partial charge in [-0.25, -0.2) is 4.79 Å². The molecule has 0 amide bonds. The molecule has 0 rings (SSSR count). The lowest BCUT2D eigenvalue weighted by Crippen LogP contribution is -2.09. The van der Waals surface area contributed by atoms with E-state index < -0.39 is 24.1 Å². The third kappa shape index (κ3) is 5.75. The van der Waals surface area contributed by atoms with Crippen molar-refractivity contribution in [2.24, 2.45) is 0 Å². The van der Waals surface area contributed by atoms with Crippen LogP contribution in [-0.4, -0.2) is 25.5 Å². The van der Waals surface area contributed by atoms with Gasteiger partial charge in [0.2, 0.25) is 0 Å². The molecule has 0 atom stereocenters. The lowest BCUT2D eigenvalue weighted by Gasteiger charge is -2.06. The molecule has 0 aliphatic carbocycles. The fourth-order valence-electron chi connectivity index (χ4n) is 0.911. The number of aldehydes is 1. The zero-order valence-electron chi connectivity index (χ0n) is 8.44. The van der Waals surface area contributed by atoms with Gasteiger partial charge in [-0.3, -0.25) is 4.79 Å². The third-order valence-electron chi connectivity index (χ3n) is 1.67. The Labute approximate surface area is 95.2 Å². The summed E-state index contributed by atoms with van der Waals surface area (Å²) in [5, 5.41) is -0.217. The molecule has 0 aromatic rings. The van der Waals surface area contributed by atoms with Crippen LogP contribution >= 0.6 is 11.6 Å². The van der Waals surface area contributed by atoms with E-state index in [1.807, 2.05) is 0 Å². The summed E-state index contributed by atoms with van der Waals surface area (Å²) in [7, 11) is 1.05. The summed E-state index contributed by atoms with van der Waals surface area (Å²) in [5.41, 5.74) is -0.439. The molecule has 0 heterocycles. The van der Waals surface area contributed by atoms with Crippen LogP contribution in [0.15, 0.2) is 10.6 Å². The van der Waals surface area contributed by atoms with E-state index in [0.29, 0.717) is 0 Å². The molecule has 0 saturated heterocycles. The van der Waals surface area contributed by atoms with Crippen molar-refractivity contribution < 1.29 is 27.5 Å². The average Bonchev–Trinajstić information content (AvgIpc) is 2.16. The van der Waals surface area contributed by atoms with Crippen LogP contribution in [0.5, 0.6) is 0 Å². The standard InChI is InChI=1S/C9H10ClF3O3/c1-16-8(15)6(5-14)7(10)3-2-4-9(11,12)13/h5H,2-4H2,1H3/b7-6-. The maximum atomic E-state index is 11.8. The van der Waals surface area contributed by atoms with Gasteiger partial charge in [0.1, 0.15) is 5.57 Å². The van der Waals surface area contributed by atoms with Crippen LogP contribution in [0.1, 0.15) is 19.3 Å². The summed E-state index contributed by atoms with van der Waals surface area (Å²) in [5.74, 6) is -0.952. The minimum absolute atomic E-state index is 0.168. The van der Waals surface area contributed by atoms with Crippen LogP contribution in [0.2, 0.25) is 0 Å². The molecule has 0 N–H and O–H groups in total. The fourth-order valence-corrected chi connectivity index (χ4v) is 1.17. The van der Waals surface area contributed by atoms with Gasteiger partial charge in [0.25, 0.3) is 0 Å². The number of rotatable bonds is 5. The van der Waals surface area contributed by atoms with Crippen molar-refractivity contribution in [3.05, 3.63) is 10.6 Å². The summed E-state index contributed by atoms with van der Waals surface area (Å²) in [6, 6.07) is 0. The second kappa shape index (κ2) is 6.52. The highest BCUT2D eigenvalue weighted by Gasteiger charge is 2.26. The molecule has 3 nitrogen and oxygen atoms in total. The van der Waals surface area contributed by atoms with Crippen LogP contribution in [0, 0.1) is 0 Å². The summed E-state index contributed by atoms with van der Waals surface area (Å²) < 4.78 is 39.6. The van der Waals surface area contributed by atoms with Crippen molar-refractivity contribution in [1.82, 2.24) is 0 Å². The van der Waals surface area contributed by atoms with Gasteiger partial charge in [-0.2, -0.15) is 13.2 Å². The van der Waals surface area contributed by atoms with Gasteiger partial charge in [-0.05, 0) is 12.8 Å².